The first-order chi connectivity index (χ1) is 11.2. The third-order valence-electron chi connectivity index (χ3n) is 3.63. The Labute approximate surface area is 142 Å². The quantitative estimate of drug-likeness (QED) is 0.543. The fourth-order valence-corrected chi connectivity index (χ4v) is 3.68. The Balaban J connectivity index is 1.99. The van der Waals surface area contributed by atoms with E-state index in [2.05, 4.69) is 14.8 Å². The van der Waals surface area contributed by atoms with Crippen LogP contribution in [0, 0.1) is 0 Å². The standard InChI is InChI=1S/C14H21N3O5S2/c1-23(19,20)15-8-9-16-24(21,22)13-7-2-4-11(10-13)14(18)17-12-5-3-6-12/h2,4,7,10,12,15-16H,3,5-6,8-9H2,1H3,(H,17,18). The minimum atomic E-state index is -3.82. The van der Waals surface area contributed by atoms with E-state index in [0.717, 1.165) is 25.5 Å². The van der Waals surface area contributed by atoms with Gasteiger partial charge in [-0.2, -0.15) is 0 Å². The molecule has 10 heteroatoms. The van der Waals surface area contributed by atoms with Gasteiger partial charge in [0.2, 0.25) is 20.0 Å². The molecule has 3 N–H and O–H groups in total. The van der Waals surface area contributed by atoms with Crippen molar-refractivity contribution in [3.63, 3.8) is 0 Å². The Hall–Kier alpha value is -1.49. The Bertz CT molecular complexity index is 801. The molecule has 0 unspecified atom stereocenters. The number of carbonyl (C=O) groups excluding carboxylic acids is 1. The molecular formula is C14H21N3O5S2. The number of nitrogens with one attached hydrogen (secondary N) is 3. The van der Waals surface area contributed by atoms with E-state index in [1.54, 1.807) is 6.07 Å². The Kier molecular flexibility index (Phi) is 5.97. The monoisotopic (exact) mass is 375 g/mol. The molecule has 0 saturated heterocycles. The van der Waals surface area contributed by atoms with E-state index >= 15 is 0 Å². The second-order valence-corrected chi connectivity index (χ2v) is 9.29. The fraction of sp³-hybridized carbons (Fsp3) is 0.500. The first-order valence-electron chi connectivity index (χ1n) is 7.53. The zero-order valence-electron chi connectivity index (χ0n) is 13.3. The summed E-state index contributed by atoms with van der Waals surface area (Å²) in [5.41, 5.74) is 0.277. The third kappa shape index (κ3) is 5.55. The smallest absolute Gasteiger partial charge is 0.251 e. The van der Waals surface area contributed by atoms with E-state index in [4.69, 9.17) is 0 Å². The molecule has 0 aliphatic heterocycles. The van der Waals surface area contributed by atoms with Gasteiger partial charge in [0.25, 0.3) is 5.91 Å². The molecule has 134 valence electrons. The van der Waals surface area contributed by atoms with Crippen molar-refractivity contribution in [1.82, 2.24) is 14.8 Å². The van der Waals surface area contributed by atoms with Gasteiger partial charge in [-0.05, 0) is 37.5 Å². The number of sulfonamides is 2. The average molecular weight is 375 g/mol. The average Bonchev–Trinajstić information content (AvgIpc) is 2.46. The van der Waals surface area contributed by atoms with Crippen LogP contribution in [-0.2, 0) is 20.0 Å². The van der Waals surface area contributed by atoms with Crippen LogP contribution in [0.5, 0.6) is 0 Å². The van der Waals surface area contributed by atoms with Crippen LogP contribution < -0.4 is 14.8 Å². The normalized spacial score (nSPS) is 15.7. The molecule has 8 nitrogen and oxygen atoms in total. The van der Waals surface area contributed by atoms with Crippen molar-refractivity contribution in [1.29, 1.82) is 0 Å². The summed E-state index contributed by atoms with van der Waals surface area (Å²) in [6, 6.07) is 5.90. The molecule has 24 heavy (non-hydrogen) atoms. The van der Waals surface area contributed by atoms with Crippen LogP contribution in [0.2, 0.25) is 0 Å². The highest BCUT2D eigenvalue weighted by molar-refractivity contribution is 7.89. The van der Waals surface area contributed by atoms with Crippen LogP contribution in [0.1, 0.15) is 29.6 Å². The molecule has 0 spiro atoms. The van der Waals surface area contributed by atoms with Gasteiger partial charge in [0.05, 0.1) is 11.2 Å². The van der Waals surface area contributed by atoms with Gasteiger partial charge in [-0.1, -0.05) is 6.07 Å². The Morgan fingerprint density at radius 2 is 1.79 bits per heavy atom. The summed E-state index contributed by atoms with van der Waals surface area (Å²) < 4.78 is 50.7. The van der Waals surface area contributed by atoms with E-state index in [9.17, 15) is 21.6 Å². The van der Waals surface area contributed by atoms with Crippen molar-refractivity contribution < 1.29 is 21.6 Å². The summed E-state index contributed by atoms with van der Waals surface area (Å²) in [5.74, 6) is -0.296. The maximum absolute atomic E-state index is 12.2. The van der Waals surface area contributed by atoms with Crippen molar-refractivity contribution >= 4 is 26.0 Å². The summed E-state index contributed by atoms with van der Waals surface area (Å²) in [5, 5.41) is 2.85. The van der Waals surface area contributed by atoms with Crippen molar-refractivity contribution in [2.24, 2.45) is 0 Å². The van der Waals surface area contributed by atoms with Crippen LogP contribution >= 0.6 is 0 Å². The highest BCUT2D eigenvalue weighted by Gasteiger charge is 2.21. The largest absolute Gasteiger partial charge is 0.349 e. The molecule has 1 aliphatic carbocycles. The summed E-state index contributed by atoms with van der Waals surface area (Å²) in [7, 11) is -7.19. The summed E-state index contributed by atoms with van der Waals surface area (Å²) in [4.78, 5) is 12.1. The lowest BCUT2D eigenvalue weighted by atomic mass is 9.93. The SMILES string of the molecule is CS(=O)(=O)NCCNS(=O)(=O)c1cccc(C(=O)NC2CCC2)c1. The van der Waals surface area contributed by atoms with Gasteiger partial charge in [0.15, 0.2) is 0 Å². The lowest BCUT2D eigenvalue weighted by Crippen LogP contribution is -2.39. The van der Waals surface area contributed by atoms with Crippen molar-refractivity contribution in [3.8, 4) is 0 Å². The van der Waals surface area contributed by atoms with E-state index in [1.807, 2.05) is 0 Å². The van der Waals surface area contributed by atoms with E-state index in [0.29, 0.717) is 0 Å². The molecule has 0 heterocycles. The second-order valence-electron chi connectivity index (χ2n) is 5.69. The van der Waals surface area contributed by atoms with Crippen molar-refractivity contribution in [2.75, 3.05) is 19.3 Å². The van der Waals surface area contributed by atoms with Gasteiger partial charge in [0.1, 0.15) is 0 Å². The van der Waals surface area contributed by atoms with Crippen LogP contribution in [0.25, 0.3) is 0 Å². The maximum atomic E-state index is 12.2. The van der Waals surface area contributed by atoms with E-state index in [-0.39, 0.29) is 35.5 Å². The van der Waals surface area contributed by atoms with Crippen LogP contribution in [-0.4, -0.2) is 48.1 Å². The summed E-state index contributed by atoms with van der Waals surface area (Å²) >= 11 is 0. The number of hydrogen-bond donors (Lipinski definition) is 3. The molecule has 0 radical (unpaired) electrons. The molecule has 1 aromatic rings. The minimum Gasteiger partial charge on any atom is -0.349 e. The number of hydrogen-bond acceptors (Lipinski definition) is 5. The molecule has 2 rings (SSSR count). The number of carbonyl (C=O) groups is 1. The molecule has 0 atom stereocenters. The van der Waals surface area contributed by atoms with Gasteiger partial charge in [-0.25, -0.2) is 26.3 Å². The van der Waals surface area contributed by atoms with Gasteiger partial charge < -0.3 is 5.32 Å². The molecule has 1 saturated carbocycles. The topological polar surface area (TPSA) is 121 Å². The molecule has 1 aliphatic rings. The Morgan fingerprint density at radius 3 is 2.38 bits per heavy atom. The first kappa shape index (κ1) is 18.8. The highest BCUT2D eigenvalue weighted by atomic mass is 32.2. The molecule has 0 aromatic heterocycles. The summed E-state index contributed by atoms with van der Waals surface area (Å²) in [6.45, 7) is -0.145. The zero-order valence-corrected chi connectivity index (χ0v) is 14.9. The highest BCUT2D eigenvalue weighted by Crippen LogP contribution is 2.19. The fourth-order valence-electron chi connectivity index (χ4n) is 2.13. The predicted octanol–water partition coefficient (Wildman–Crippen LogP) is -0.204. The van der Waals surface area contributed by atoms with Crippen LogP contribution in [0.4, 0.5) is 0 Å². The van der Waals surface area contributed by atoms with Gasteiger partial charge in [-0.3, -0.25) is 4.79 Å². The molecular weight excluding hydrogens is 354 g/mol. The first-order valence-corrected chi connectivity index (χ1v) is 10.9. The Morgan fingerprint density at radius 1 is 1.12 bits per heavy atom. The van der Waals surface area contributed by atoms with Gasteiger partial charge >= 0.3 is 0 Å². The van der Waals surface area contributed by atoms with Crippen molar-refractivity contribution in [2.45, 2.75) is 30.2 Å². The lowest BCUT2D eigenvalue weighted by molar-refractivity contribution is 0.0916. The second kappa shape index (κ2) is 7.60. The lowest BCUT2D eigenvalue weighted by Gasteiger charge is -2.26. The van der Waals surface area contributed by atoms with E-state index < -0.39 is 20.0 Å². The van der Waals surface area contributed by atoms with Gasteiger partial charge in [0, 0.05) is 24.7 Å². The van der Waals surface area contributed by atoms with Gasteiger partial charge in [-0.15, -0.1) is 0 Å². The van der Waals surface area contributed by atoms with Crippen LogP contribution in [0.3, 0.4) is 0 Å². The molecule has 1 amide bonds. The zero-order chi connectivity index (χ0) is 17.8. The minimum absolute atomic E-state index is 0.0388. The van der Waals surface area contributed by atoms with Crippen LogP contribution in [0.15, 0.2) is 29.2 Å². The number of amides is 1. The number of benzene rings is 1. The third-order valence-corrected chi connectivity index (χ3v) is 5.82. The van der Waals surface area contributed by atoms with Crippen molar-refractivity contribution in [3.05, 3.63) is 29.8 Å². The van der Waals surface area contributed by atoms with E-state index in [1.165, 1.54) is 18.2 Å². The number of rotatable bonds is 8. The molecule has 1 aromatic carbocycles. The molecule has 1 fully saturated rings. The predicted molar refractivity (Wildman–Crippen MR) is 89.6 cm³/mol. The molecule has 0 bridgehead atoms. The maximum Gasteiger partial charge on any atom is 0.251 e. The summed E-state index contributed by atoms with van der Waals surface area (Å²) in [6.07, 6.45) is 3.97.